The minimum atomic E-state index is -4.09. The van der Waals surface area contributed by atoms with Gasteiger partial charge in [-0.15, -0.1) is 0 Å². The normalized spacial score (nSPS) is 14.7. The fraction of sp³-hybridized carbons (Fsp3) is 0.0250. The number of benzene rings is 5. The SMILES string of the molecule is COc1ccc(C(=O)[O][Ga]2[n]3c4c5ccccc5c3N=C3N=C(N=c5c6ccccc6c([n]52)=NC2=NC(=N4)c4ccccc42)c2ccccc23)cc1. The van der Waals surface area contributed by atoms with Crippen molar-refractivity contribution in [1.82, 2.24) is 6.55 Å². The van der Waals surface area contributed by atoms with Crippen molar-refractivity contribution in [2.45, 2.75) is 0 Å². The Labute approximate surface area is 301 Å². The van der Waals surface area contributed by atoms with E-state index >= 15 is 0 Å². The zero-order chi connectivity index (χ0) is 34.5. The molecule has 4 aliphatic heterocycles. The van der Waals surface area contributed by atoms with E-state index in [0.29, 0.717) is 57.3 Å². The molecule has 4 aliphatic rings. The molecule has 0 radical (unpaired) electrons. The molecule has 0 unspecified atom stereocenters. The molecule has 0 saturated heterocycles. The molecular formula is C40H23GaN8O3. The fourth-order valence-electron chi connectivity index (χ4n) is 7.38. The third-order valence-electron chi connectivity index (χ3n) is 9.80. The zero-order valence-corrected chi connectivity index (χ0v) is 29.8. The number of aromatic nitrogens is 2. The number of fused-ring (bicyclic) bond motifs is 14. The minimum absolute atomic E-state index is 0.385. The van der Waals surface area contributed by atoms with Crippen molar-refractivity contribution < 1.29 is 13.1 Å². The average Bonchev–Trinajstić information content (AvgIpc) is 3.90. The second kappa shape index (κ2) is 10.9. The molecule has 0 N–H and O–H groups in total. The Bertz CT molecular complexity index is 2840. The molecule has 0 saturated carbocycles. The van der Waals surface area contributed by atoms with Gasteiger partial charge in [0, 0.05) is 0 Å². The molecule has 0 fully saturated rings. The van der Waals surface area contributed by atoms with E-state index in [-0.39, 0.29) is 0 Å². The summed E-state index contributed by atoms with van der Waals surface area (Å²) < 4.78 is 16.3. The van der Waals surface area contributed by atoms with Gasteiger partial charge >= 0.3 is 302 Å². The Morgan fingerprint density at radius 1 is 0.500 bits per heavy atom. The van der Waals surface area contributed by atoms with Gasteiger partial charge in [-0.05, 0) is 0 Å². The van der Waals surface area contributed by atoms with E-state index in [4.69, 9.17) is 38.2 Å². The summed E-state index contributed by atoms with van der Waals surface area (Å²) in [4.78, 5) is 45.8. The number of nitrogens with zero attached hydrogens (tertiary/aromatic N) is 8. The van der Waals surface area contributed by atoms with E-state index in [1.54, 1.807) is 31.4 Å². The first-order valence-corrected chi connectivity index (χ1v) is 19.9. The number of ether oxygens (including phenoxy) is 1. The Balaban J connectivity index is 1.35. The van der Waals surface area contributed by atoms with Gasteiger partial charge in [0.2, 0.25) is 0 Å². The molecule has 5 aromatic carbocycles. The van der Waals surface area contributed by atoms with Crippen LogP contribution >= 0.6 is 0 Å². The van der Waals surface area contributed by atoms with Crippen molar-refractivity contribution in [3.05, 3.63) is 160 Å². The van der Waals surface area contributed by atoms with Crippen molar-refractivity contribution in [2.24, 2.45) is 30.0 Å². The van der Waals surface area contributed by atoms with Crippen LogP contribution in [0.1, 0.15) is 32.6 Å². The standard InChI is InChI=1S/C32H16N8.C8H8O3.Ga/c1-2-10-18-17(9-1)25-33-26(18)38-28-21-13-5-6-14-22(21)30(35-28)40-32-24-16-8-7-15-23(24)31(36-32)39-29-20-12-4-3-11-19(20)27(34-29)37-25;1-11-7-4-2-6(3-5-7)8(9)10;/h1-16H;2-5H,1H3,(H,9,10);/q-2;;+3/p-1. The summed E-state index contributed by atoms with van der Waals surface area (Å²) in [5.74, 6) is 3.41. The van der Waals surface area contributed by atoms with E-state index in [1.807, 2.05) is 104 Å². The molecule has 7 aromatic rings. The average molecular weight is 733 g/mol. The molecule has 11 nitrogen and oxygen atoms in total. The molecule has 0 amide bonds. The van der Waals surface area contributed by atoms with E-state index in [0.717, 1.165) is 43.8 Å². The molecule has 6 heterocycles. The Morgan fingerprint density at radius 3 is 1.38 bits per heavy atom. The van der Waals surface area contributed by atoms with Crippen LogP contribution in [0.5, 0.6) is 5.75 Å². The first kappa shape index (κ1) is 29.1. The Kier molecular flexibility index (Phi) is 6.12. The number of carbonyl (C=O) groups is 1. The topological polar surface area (TPSA) is 120 Å². The molecule has 0 aliphatic carbocycles. The van der Waals surface area contributed by atoms with Crippen molar-refractivity contribution >= 4 is 79.6 Å². The number of carbonyl (C=O) groups excluding carboxylic acids is 1. The molecule has 12 heteroatoms. The number of amidine groups is 4. The number of aliphatic imine (C=N–C) groups is 4. The predicted molar refractivity (Wildman–Crippen MR) is 199 cm³/mol. The third-order valence-corrected chi connectivity index (χ3v) is 14.6. The molecule has 6 bridgehead atoms. The van der Waals surface area contributed by atoms with E-state index in [9.17, 15) is 4.79 Å². The first-order chi connectivity index (χ1) is 25.6. The summed E-state index contributed by atoms with van der Waals surface area (Å²) in [6, 6.07) is 38.9. The second-order valence-corrected chi connectivity index (χ2v) is 16.7. The second-order valence-electron chi connectivity index (χ2n) is 12.6. The number of hydrogen-bond acceptors (Lipinski definition) is 9. The number of hydrogen-bond donors (Lipinski definition) is 0. The van der Waals surface area contributed by atoms with Gasteiger partial charge in [0.1, 0.15) is 0 Å². The van der Waals surface area contributed by atoms with E-state index < -0.39 is 23.0 Å². The molecule has 244 valence electrons. The molecule has 0 atom stereocenters. The fourth-order valence-corrected chi connectivity index (χ4v) is 12.4. The molecule has 11 rings (SSSR count). The summed E-state index contributed by atoms with van der Waals surface area (Å²) in [6.45, 7) is 0. The third kappa shape index (κ3) is 4.13. The van der Waals surface area contributed by atoms with Crippen LogP contribution in [0.15, 0.2) is 151 Å². The van der Waals surface area contributed by atoms with E-state index in [2.05, 4.69) is 0 Å². The molecular weight excluding hydrogens is 710 g/mol. The van der Waals surface area contributed by atoms with Gasteiger partial charge in [-0.1, -0.05) is 0 Å². The Morgan fingerprint density at radius 2 is 0.923 bits per heavy atom. The van der Waals surface area contributed by atoms with Gasteiger partial charge in [0.15, 0.2) is 0 Å². The van der Waals surface area contributed by atoms with Crippen molar-refractivity contribution in [2.75, 3.05) is 7.11 Å². The molecule has 0 spiro atoms. The molecule has 52 heavy (non-hydrogen) atoms. The molecule has 2 aromatic heterocycles. The van der Waals surface area contributed by atoms with Gasteiger partial charge in [-0.25, -0.2) is 0 Å². The van der Waals surface area contributed by atoms with Crippen LogP contribution in [-0.4, -0.2) is 60.0 Å². The van der Waals surface area contributed by atoms with Crippen molar-refractivity contribution in [3.63, 3.8) is 0 Å². The summed E-state index contributed by atoms with van der Waals surface area (Å²) in [5, 5.41) is 3.37. The number of methoxy groups -OCH3 is 1. The maximum absolute atomic E-state index is 14.4. The van der Waals surface area contributed by atoms with Gasteiger partial charge in [-0.3, -0.25) is 0 Å². The van der Waals surface area contributed by atoms with Gasteiger partial charge in [0.05, 0.1) is 0 Å². The van der Waals surface area contributed by atoms with Crippen LogP contribution in [0.4, 0.5) is 11.6 Å². The first-order valence-electron chi connectivity index (χ1n) is 16.7. The Hall–Kier alpha value is -6.63. The van der Waals surface area contributed by atoms with Gasteiger partial charge in [-0.2, -0.15) is 0 Å². The van der Waals surface area contributed by atoms with Crippen LogP contribution in [0.2, 0.25) is 0 Å². The van der Waals surface area contributed by atoms with Crippen molar-refractivity contribution in [3.8, 4) is 5.75 Å². The quantitative estimate of drug-likeness (QED) is 0.214. The van der Waals surface area contributed by atoms with Gasteiger partial charge < -0.3 is 0 Å². The van der Waals surface area contributed by atoms with Crippen LogP contribution < -0.4 is 15.7 Å². The van der Waals surface area contributed by atoms with Crippen LogP contribution in [0, 0.1) is 0 Å². The summed E-state index contributed by atoms with van der Waals surface area (Å²) >= 11 is -4.09. The van der Waals surface area contributed by atoms with Crippen LogP contribution in [0.25, 0.3) is 21.5 Å². The van der Waals surface area contributed by atoms with Crippen LogP contribution in [0.3, 0.4) is 0 Å². The van der Waals surface area contributed by atoms with Crippen molar-refractivity contribution in [1.29, 1.82) is 0 Å². The summed E-state index contributed by atoms with van der Waals surface area (Å²) in [7, 11) is 1.59. The van der Waals surface area contributed by atoms with E-state index in [1.165, 1.54) is 0 Å². The number of rotatable bonds is 3. The summed E-state index contributed by atoms with van der Waals surface area (Å²) in [5.41, 5.74) is 5.01. The van der Waals surface area contributed by atoms with Crippen LogP contribution in [-0.2, 0) is 3.53 Å². The maximum atomic E-state index is 14.4. The zero-order valence-electron chi connectivity index (χ0n) is 27.4. The monoisotopic (exact) mass is 732 g/mol. The summed E-state index contributed by atoms with van der Waals surface area (Å²) in [6.07, 6.45) is 0. The predicted octanol–water partition coefficient (Wildman–Crippen LogP) is 5.79. The van der Waals surface area contributed by atoms with Gasteiger partial charge in [0.25, 0.3) is 0 Å².